The number of nitrogens with one attached hydrogen (secondary N) is 1. The molecule has 0 bridgehead atoms. The number of anilines is 2. The lowest BCUT2D eigenvalue weighted by Crippen LogP contribution is -2.32. The number of benzene rings is 3. The predicted molar refractivity (Wildman–Crippen MR) is 167 cm³/mol. The summed E-state index contributed by atoms with van der Waals surface area (Å²) in [6.45, 7) is 1.32. The van der Waals surface area contributed by atoms with E-state index in [-0.39, 0.29) is 24.0 Å². The van der Waals surface area contributed by atoms with Crippen LogP contribution < -0.4 is 20.3 Å². The number of carbonyl (C=O) groups is 2. The number of nitrogens with zero attached hydrogens (tertiary/aromatic N) is 3. The minimum Gasteiger partial charge on any atom is -0.491 e. The summed E-state index contributed by atoms with van der Waals surface area (Å²) in [5.74, 6) is -1.60. The van der Waals surface area contributed by atoms with Crippen LogP contribution in [0.1, 0.15) is 43.3 Å². The van der Waals surface area contributed by atoms with Crippen molar-refractivity contribution in [3.63, 3.8) is 0 Å². The Balaban J connectivity index is 1.16. The van der Waals surface area contributed by atoms with E-state index in [1.54, 1.807) is 18.2 Å². The first kappa shape index (κ1) is 28.2. The van der Waals surface area contributed by atoms with Crippen molar-refractivity contribution in [1.29, 1.82) is 0 Å². The van der Waals surface area contributed by atoms with Gasteiger partial charge in [0.15, 0.2) is 27.5 Å². The second kappa shape index (κ2) is 12.1. The van der Waals surface area contributed by atoms with Gasteiger partial charge in [-0.25, -0.2) is 19.2 Å². The SMILES string of the molecule is O=C(Nc1nc2ccccc2s1)c1cccc2c1CN(c1nc(C(=O)O)c(CCCOc3ccc(P)cc3F)s1)CC2. The summed E-state index contributed by atoms with van der Waals surface area (Å²) in [6, 6.07) is 18.1. The highest BCUT2D eigenvalue weighted by atomic mass is 32.1. The van der Waals surface area contributed by atoms with Gasteiger partial charge in [0.25, 0.3) is 5.91 Å². The van der Waals surface area contributed by atoms with Crippen LogP contribution in [0.3, 0.4) is 0 Å². The fourth-order valence-electron chi connectivity index (χ4n) is 4.91. The van der Waals surface area contributed by atoms with Crippen LogP contribution in [-0.2, 0) is 19.4 Å². The average molecular weight is 621 g/mol. The second-order valence-corrected chi connectivity index (χ2v) is 12.5. The average Bonchev–Trinajstić information content (AvgIpc) is 3.59. The molecule has 0 fully saturated rings. The van der Waals surface area contributed by atoms with Crippen molar-refractivity contribution in [2.24, 2.45) is 0 Å². The molecule has 2 N–H and O–H groups in total. The summed E-state index contributed by atoms with van der Waals surface area (Å²) in [5, 5.41) is 14.6. The van der Waals surface area contributed by atoms with E-state index in [9.17, 15) is 19.1 Å². The predicted octanol–water partition coefficient (Wildman–Crippen LogP) is 5.92. The molecule has 3 aromatic carbocycles. The van der Waals surface area contributed by atoms with Crippen molar-refractivity contribution in [3.05, 3.63) is 93.7 Å². The van der Waals surface area contributed by atoms with Crippen LogP contribution in [0.25, 0.3) is 10.2 Å². The zero-order valence-electron chi connectivity index (χ0n) is 22.3. The Bertz CT molecular complexity index is 1770. The molecule has 3 heterocycles. The zero-order chi connectivity index (χ0) is 29.2. The topological polar surface area (TPSA) is 105 Å². The number of carbonyl (C=O) groups excluding carboxylic acids is 1. The van der Waals surface area contributed by atoms with Crippen LogP contribution in [0.2, 0.25) is 0 Å². The van der Waals surface area contributed by atoms with E-state index < -0.39 is 11.8 Å². The summed E-state index contributed by atoms with van der Waals surface area (Å²) in [4.78, 5) is 37.0. The molecule has 0 saturated heterocycles. The molecule has 6 rings (SSSR count). The van der Waals surface area contributed by atoms with Crippen molar-refractivity contribution in [2.75, 3.05) is 23.4 Å². The van der Waals surface area contributed by atoms with Gasteiger partial charge in [0.1, 0.15) is 0 Å². The molecule has 0 spiro atoms. The number of para-hydroxylation sites is 1. The zero-order valence-corrected chi connectivity index (χ0v) is 25.1. The molecule has 12 heteroatoms. The normalized spacial score (nSPS) is 12.8. The van der Waals surface area contributed by atoms with Gasteiger partial charge in [-0.15, -0.1) is 20.6 Å². The van der Waals surface area contributed by atoms with E-state index in [4.69, 9.17) is 4.74 Å². The summed E-state index contributed by atoms with van der Waals surface area (Å²) in [7, 11) is 2.44. The largest absolute Gasteiger partial charge is 0.491 e. The summed E-state index contributed by atoms with van der Waals surface area (Å²) in [6.07, 6.45) is 1.63. The number of carboxylic acid groups (broad SMARTS) is 1. The Kier molecular flexibility index (Phi) is 8.15. The van der Waals surface area contributed by atoms with E-state index in [1.807, 2.05) is 41.3 Å². The minimum atomic E-state index is -1.09. The van der Waals surface area contributed by atoms with Crippen molar-refractivity contribution >= 4 is 69.6 Å². The molecule has 2 aromatic heterocycles. The Morgan fingerprint density at radius 2 is 1.95 bits per heavy atom. The number of aromatic carboxylic acids is 1. The Morgan fingerprint density at radius 3 is 2.76 bits per heavy atom. The minimum absolute atomic E-state index is 0.0150. The molecule has 5 aromatic rings. The smallest absolute Gasteiger partial charge is 0.355 e. The number of hydrogen-bond donors (Lipinski definition) is 2. The monoisotopic (exact) mass is 620 g/mol. The number of ether oxygens (including phenoxy) is 1. The van der Waals surface area contributed by atoms with E-state index in [2.05, 4.69) is 24.5 Å². The Morgan fingerprint density at radius 1 is 1.10 bits per heavy atom. The van der Waals surface area contributed by atoms with Gasteiger partial charge >= 0.3 is 5.97 Å². The van der Waals surface area contributed by atoms with Crippen molar-refractivity contribution in [1.82, 2.24) is 9.97 Å². The molecule has 1 aliphatic rings. The number of rotatable bonds is 9. The lowest BCUT2D eigenvalue weighted by Gasteiger charge is -2.29. The fraction of sp³-hybridized carbons (Fsp3) is 0.200. The third-order valence-electron chi connectivity index (χ3n) is 6.95. The molecule has 214 valence electrons. The first-order valence-electron chi connectivity index (χ1n) is 13.3. The quantitative estimate of drug-likeness (QED) is 0.156. The number of thiazole rings is 2. The molecule has 0 saturated carbocycles. The van der Waals surface area contributed by atoms with Crippen LogP contribution in [-0.4, -0.2) is 40.1 Å². The van der Waals surface area contributed by atoms with E-state index in [0.29, 0.717) is 53.1 Å². The van der Waals surface area contributed by atoms with Gasteiger partial charge in [-0.1, -0.05) is 41.7 Å². The molecule has 1 unspecified atom stereocenters. The molecular formula is C30H26FN4O4PS2. The maximum absolute atomic E-state index is 14.1. The third-order valence-corrected chi connectivity index (χ3v) is 9.44. The number of amides is 1. The van der Waals surface area contributed by atoms with Crippen LogP contribution in [0.5, 0.6) is 5.75 Å². The number of fused-ring (bicyclic) bond motifs is 2. The highest BCUT2D eigenvalue weighted by Gasteiger charge is 2.26. The maximum Gasteiger partial charge on any atom is 0.355 e. The number of halogens is 1. The van der Waals surface area contributed by atoms with Gasteiger partial charge in [0, 0.05) is 23.5 Å². The van der Waals surface area contributed by atoms with Gasteiger partial charge in [-0.05, 0) is 66.0 Å². The first-order valence-corrected chi connectivity index (χ1v) is 15.5. The van der Waals surface area contributed by atoms with E-state index in [0.717, 1.165) is 26.6 Å². The van der Waals surface area contributed by atoms with E-state index in [1.165, 1.54) is 28.7 Å². The number of hydrogen-bond acceptors (Lipinski definition) is 8. The van der Waals surface area contributed by atoms with Crippen LogP contribution in [0.15, 0.2) is 60.7 Å². The highest BCUT2D eigenvalue weighted by molar-refractivity contribution is 7.27. The lowest BCUT2D eigenvalue weighted by molar-refractivity contribution is 0.0690. The summed E-state index contributed by atoms with van der Waals surface area (Å²) >= 11 is 2.76. The van der Waals surface area contributed by atoms with Crippen molar-refractivity contribution in [2.45, 2.75) is 25.8 Å². The maximum atomic E-state index is 14.1. The lowest BCUT2D eigenvalue weighted by atomic mass is 9.94. The van der Waals surface area contributed by atoms with Gasteiger partial charge in [0.05, 0.1) is 16.8 Å². The fourth-order valence-corrected chi connectivity index (χ4v) is 7.13. The molecule has 1 aliphatic heterocycles. The van der Waals surface area contributed by atoms with Crippen LogP contribution in [0, 0.1) is 5.82 Å². The number of aryl methyl sites for hydroxylation is 1. The summed E-state index contributed by atoms with van der Waals surface area (Å²) < 4.78 is 20.6. The van der Waals surface area contributed by atoms with Gasteiger partial charge < -0.3 is 14.7 Å². The Labute approximate surface area is 251 Å². The second-order valence-electron chi connectivity index (χ2n) is 9.77. The van der Waals surface area contributed by atoms with Crippen molar-refractivity contribution in [3.8, 4) is 5.75 Å². The summed E-state index contributed by atoms with van der Waals surface area (Å²) in [5.41, 5.74) is 3.38. The molecule has 8 nitrogen and oxygen atoms in total. The van der Waals surface area contributed by atoms with Crippen LogP contribution in [0.4, 0.5) is 14.7 Å². The molecule has 1 amide bonds. The molecule has 1 atom stereocenters. The van der Waals surface area contributed by atoms with Gasteiger partial charge in [-0.3, -0.25) is 10.1 Å². The number of carboxylic acids is 1. The molecule has 0 aliphatic carbocycles. The van der Waals surface area contributed by atoms with Gasteiger partial charge in [0.2, 0.25) is 0 Å². The first-order chi connectivity index (χ1) is 20.4. The van der Waals surface area contributed by atoms with Crippen LogP contribution >= 0.6 is 31.9 Å². The van der Waals surface area contributed by atoms with Gasteiger partial charge in [-0.2, -0.15) is 0 Å². The van der Waals surface area contributed by atoms with Crippen molar-refractivity contribution < 1.29 is 23.8 Å². The Hall–Kier alpha value is -3.92. The highest BCUT2D eigenvalue weighted by Crippen LogP contribution is 2.33. The standard InChI is InChI=1S/C30H26FN4O4PS2/c31-21-15-18(40)10-11-23(21)39-14-4-9-25-26(28(37)38)33-30(42-25)35-13-12-17-5-3-6-19(20(17)16-35)27(36)34-29-32-22-7-1-2-8-24(22)41-29/h1-3,5-8,10-11,15H,4,9,12-14,16,40H2,(H,37,38)(H,32,34,36). The third kappa shape index (κ3) is 5.99. The molecular weight excluding hydrogens is 594 g/mol. The molecule has 42 heavy (non-hydrogen) atoms. The van der Waals surface area contributed by atoms with E-state index >= 15 is 0 Å². The molecule has 0 radical (unpaired) electrons. The number of aromatic nitrogens is 2.